The molecule has 0 aliphatic rings. The van der Waals surface area contributed by atoms with Crippen LogP contribution in [-0.4, -0.2) is 15.0 Å². The van der Waals surface area contributed by atoms with Crippen LogP contribution in [0.4, 0.5) is 0 Å². The van der Waals surface area contributed by atoms with Gasteiger partial charge < -0.3 is 0 Å². The van der Waals surface area contributed by atoms with Crippen molar-refractivity contribution in [3.05, 3.63) is 212 Å². The van der Waals surface area contributed by atoms with Crippen LogP contribution in [0, 0.1) is 0 Å². The second kappa shape index (κ2) is 14.1. The topological polar surface area (TPSA) is 38.7 Å². The fourth-order valence-electron chi connectivity index (χ4n) is 8.32. The van der Waals surface area contributed by atoms with Crippen molar-refractivity contribution in [3.63, 3.8) is 0 Å². The van der Waals surface area contributed by atoms with Gasteiger partial charge in [-0.25, -0.2) is 15.0 Å². The lowest BCUT2D eigenvalue weighted by molar-refractivity contribution is 1.18. The predicted octanol–water partition coefficient (Wildman–Crippen LogP) is 14.5. The van der Waals surface area contributed by atoms with E-state index in [0.29, 0.717) is 5.82 Å². The van der Waals surface area contributed by atoms with Crippen LogP contribution in [0.1, 0.15) is 0 Å². The molecule has 0 N–H and O–H groups in total. The number of benzene rings is 9. The van der Waals surface area contributed by atoms with Crippen LogP contribution >= 0.6 is 0 Å². The quantitative estimate of drug-likeness (QED) is 0.160. The lowest BCUT2D eigenvalue weighted by atomic mass is 9.92. The predicted molar refractivity (Wildman–Crippen MR) is 242 cm³/mol. The van der Waals surface area contributed by atoms with Gasteiger partial charge in [-0.3, -0.25) is 0 Å². The summed E-state index contributed by atoms with van der Waals surface area (Å²) in [7, 11) is 0. The highest BCUT2D eigenvalue weighted by molar-refractivity contribution is 6.17. The minimum Gasteiger partial charge on any atom is -0.247 e. The molecular weight excluding hydrogens is 703 g/mol. The Balaban J connectivity index is 1.07. The van der Waals surface area contributed by atoms with Crippen LogP contribution in [0.15, 0.2) is 212 Å². The number of pyridine rings is 1. The Labute approximate surface area is 336 Å². The van der Waals surface area contributed by atoms with Gasteiger partial charge in [0.05, 0.1) is 22.6 Å². The van der Waals surface area contributed by atoms with Crippen molar-refractivity contribution < 1.29 is 0 Å². The second-order valence-electron chi connectivity index (χ2n) is 14.8. The Morgan fingerprint density at radius 2 is 0.810 bits per heavy atom. The van der Waals surface area contributed by atoms with Crippen molar-refractivity contribution in [2.45, 2.75) is 0 Å². The molecule has 0 aliphatic carbocycles. The van der Waals surface area contributed by atoms with E-state index >= 15 is 0 Å². The molecule has 0 atom stereocenters. The lowest BCUT2D eigenvalue weighted by Crippen LogP contribution is -1.96. The van der Waals surface area contributed by atoms with Gasteiger partial charge >= 0.3 is 0 Å². The monoisotopic (exact) mass is 737 g/mol. The molecule has 0 saturated carbocycles. The van der Waals surface area contributed by atoms with E-state index in [1.165, 1.54) is 32.7 Å². The van der Waals surface area contributed by atoms with Gasteiger partial charge in [0.2, 0.25) is 0 Å². The Hall–Kier alpha value is -7.75. The van der Waals surface area contributed by atoms with Crippen LogP contribution in [0.25, 0.3) is 111 Å². The molecule has 270 valence electrons. The third kappa shape index (κ3) is 6.07. The van der Waals surface area contributed by atoms with Crippen molar-refractivity contribution in [3.8, 4) is 67.4 Å². The normalized spacial score (nSPS) is 11.4. The third-order valence-electron chi connectivity index (χ3n) is 11.2. The summed E-state index contributed by atoms with van der Waals surface area (Å²) in [6.45, 7) is 0. The highest BCUT2D eigenvalue weighted by Crippen LogP contribution is 2.40. The first kappa shape index (κ1) is 33.6. The number of hydrogen-bond donors (Lipinski definition) is 0. The van der Waals surface area contributed by atoms with Crippen molar-refractivity contribution in [1.82, 2.24) is 15.0 Å². The molecule has 11 aromatic rings. The highest BCUT2D eigenvalue weighted by atomic mass is 14.9. The van der Waals surface area contributed by atoms with Crippen LogP contribution in [0.5, 0.6) is 0 Å². The minimum atomic E-state index is 0.696. The summed E-state index contributed by atoms with van der Waals surface area (Å²) in [6, 6.07) is 75.2. The van der Waals surface area contributed by atoms with E-state index in [9.17, 15) is 0 Å². The Morgan fingerprint density at radius 3 is 1.53 bits per heavy atom. The molecule has 0 radical (unpaired) electrons. The molecule has 0 bridgehead atoms. The first-order valence-electron chi connectivity index (χ1n) is 19.7. The number of fused-ring (bicyclic) bond motifs is 5. The largest absolute Gasteiger partial charge is 0.247 e. The molecule has 9 aromatic carbocycles. The Bertz CT molecular complexity index is 3240. The molecule has 0 amide bonds. The fourth-order valence-corrected chi connectivity index (χ4v) is 8.32. The van der Waals surface area contributed by atoms with Gasteiger partial charge in [0.25, 0.3) is 0 Å². The molecule has 0 aliphatic heterocycles. The van der Waals surface area contributed by atoms with Crippen LogP contribution in [0.3, 0.4) is 0 Å². The van der Waals surface area contributed by atoms with Gasteiger partial charge in [-0.1, -0.05) is 182 Å². The smallest absolute Gasteiger partial charge is 0.160 e. The summed E-state index contributed by atoms with van der Waals surface area (Å²) in [4.78, 5) is 15.8. The van der Waals surface area contributed by atoms with Gasteiger partial charge in [0.15, 0.2) is 5.82 Å². The van der Waals surface area contributed by atoms with Crippen molar-refractivity contribution in [2.24, 2.45) is 0 Å². The molecular formula is C55H35N3. The number of nitrogens with zero attached hydrogens (tertiary/aromatic N) is 3. The molecule has 3 nitrogen and oxygen atoms in total. The van der Waals surface area contributed by atoms with E-state index < -0.39 is 0 Å². The van der Waals surface area contributed by atoms with Gasteiger partial charge in [-0.15, -0.1) is 0 Å². The Kier molecular flexibility index (Phi) is 8.15. The molecule has 2 aromatic heterocycles. The molecule has 2 heterocycles. The standard InChI is InChI=1S/C55H35N3/c1-3-15-38(16-4-1)47-23-12-24-49-53(47)48-30-29-43(34-52(48)56-54(49)39-17-5-2-6-18-39)42-21-11-22-44(32-42)50-35-51(45-27-25-36-13-7-9-19-40(36)31-45)58-55(57-50)46-28-26-37-14-8-10-20-41(37)33-46/h1-35H. The van der Waals surface area contributed by atoms with Crippen LogP contribution in [0.2, 0.25) is 0 Å². The van der Waals surface area contributed by atoms with Crippen LogP contribution < -0.4 is 0 Å². The summed E-state index contributed by atoms with van der Waals surface area (Å²) in [6.07, 6.45) is 0. The van der Waals surface area contributed by atoms with E-state index in [1.807, 2.05) is 0 Å². The van der Waals surface area contributed by atoms with E-state index in [4.69, 9.17) is 15.0 Å². The van der Waals surface area contributed by atoms with Crippen molar-refractivity contribution in [2.75, 3.05) is 0 Å². The fraction of sp³-hybridized carbons (Fsp3) is 0. The molecule has 0 fully saturated rings. The third-order valence-corrected chi connectivity index (χ3v) is 11.2. The molecule has 58 heavy (non-hydrogen) atoms. The number of rotatable bonds is 6. The summed E-state index contributed by atoms with van der Waals surface area (Å²) in [5, 5.41) is 8.21. The van der Waals surface area contributed by atoms with Gasteiger partial charge in [-0.05, 0) is 74.1 Å². The lowest BCUT2D eigenvalue weighted by Gasteiger charge is -2.15. The molecule has 0 saturated heterocycles. The summed E-state index contributed by atoms with van der Waals surface area (Å²) >= 11 is 0. The van der Waals surface area contributed by atoms with E-state index in [0.717, 1.165) is 72.1 Å². The summed E-state index contributed by atoms with van der Waals surface area (Å²) in [5.74, 6) is 0.696. The molecule has 3 heteroatoms. The first-order valence-corrected chi connectivity index (χ1v) is 19.7. The van der Waals surface area contributed by atoms with Gasteiger partial charge in [0.1, 0.15) is 0 Å². The Morgan fingerprint density at radius 1 is 0.276 bits per heavy atom. The minimum absolute atomic E-state index is 0.696. The average molecular weight is 738 g/mol. The SMILES string of the molecule is c1ccc(-c2nc3cc(-c4cccc(-c5cc(-c6ccc7ccccc7c6)nc(-c6ccc7ccccc7c6)n5)c4)ccc3c3c(-c4ccccc4)cccc23)cc1. The maximum Gasteiger partial charge on any atom is 0.160 e. The average Bonchev–Trinajstić information content (AvgIpc) is 3.31. The van der Waals surface area contributed by atoms with Crippen LogP contribution in [-0.2, 0) is 0 Å². The van der Waals surface area contributed by atoms with E-state index in [-0.39, 0.29) is 0 Å². The van der Waals surface area contributed by atoms with E-state index in [1.54, 1.807) is 0 Å². The maximum atomic E-state index is 5.39. The van der Waals surface area contributed by atoms with E-state index in [2.05, 4.69) is 212 Å². The maximum absolute atomic E-state index is 5.39. The highest BCUT2D eigenvalue weighted by Gasteiger charge is 2.17. The molecule has 11 rings (SSSR count). The zero-order chi connectivity index (χ0) is 38.4. The molecule has 0 unspecified atom stereocenters. The van der Waals surface area contributed by atoms with Crippen molar-refractivity contribution in [1.29, 1.82) is 0 Å². The molecule has 0 spiro atoms. The zero-order valence-electron chi connectivity index (χ0n) is 31.5. The van der Waals surface area contributed by atoms with Crippen molar-refractivity contribution >= 4 is 43.2 Å². The number of aromatic nitrogens is 3. The second-order valence-corrected chi connectivity index (χ2v) is 14.8. The zero-order valence-corrected chi connectivity index (χ0v) is 31.5. The summed E-state index contributed by atoms with van der Waals surface area (Å²) < 4.78 is 0. The van der Waals surface area contributed by atoms with Gasteiger partial charge in [-0.2, -0.15) is 0 Å². The first-order chi connectivity index (χ1) is 28.7. The number of hydrogen-bond acceptors (Lipinski definition) is 3. The van der Waals surface area contributed by atoms with Gasteiger partial charge in [0, 0.05) is 38.4 Å². The summed E-state index contributed by atoms with van der Waals surface area (Å²) in [5.41, 5.74) is 12.4.